The minimum Gasteiger partial charge on any atom is -0.334 e. The number of hydrogen-bond acceptors (Lipinski definition) is 3. The van der Waals surface area contributed by atoms with Gasteiger partial charge in [-0.25, -0.2) is 4.98 Å². The van der Waals surface area contributed by atoms with Crippen molar-refractivity contribution in [1.82, 2.24) is 14.5 Å². The van der Waals surface area contributed by atoms with Crippen molar-refractivity contribution < 1.29 is 4.79 Å². The Labute approximate surface area is 149 Å². The van der Waals surface area contributed by atoms with Gasteiger partial charge in [-0.2, -0.15) is 0 Å². The number of anilines is 1. The monoisotopic (exact) mass is 338 g/mol. The van der Waals surface area contributed by atoms with E-state index in [1.54, 1.807) is 0 Å². The Kier molecular flexibility index (Phi) is 4.12. The fraction of sp³-hybridized carbons (Fsp3) is 0.500. The summed E-state index contributed by atoms with van der Waals surface area (Å²) in [6.07, 6.45) is 7.02. The molecule has 0 aliphatic carbocycles. The highest BCUT2D eigenvalue weighted by atomic mass is 16.2. The first kappa shape index (κ1) is 16.3. The average molecular weight is 338 g/mol. The normalized spacial score (nSPS) is 23.4. The number of para-hydroxylation sites is 1. The molecule has 2 aliphatic heterocycles. The first-order valence-electron chi connectivity index (χ1n) is 9.26. The van der Waals surface area contributed by atoms with Gasteiger partial charge in [0.2, 0.25) is 5.91 Å². The van der Waals surface area contributed by atoms with Crippen LogP contribution in [0.25, 0.3) is 0 Å². The van der Waals surface area contributed by atoms with Gasteiger partial charge < -0.3 is 9.47 Å². The van der Waals surface area contributed by atoms with Crippen molar-refractivity contribution in [3.8, 4) is 0 Å². The van der Waals surface area contributed by atoms with Crippen LogP contribution in [0, 0.1) is 0 Å². The smallest absolute Gasteiger partial charge is 0.238 e. The quantitative estimate of drug-likeness (QED) is 0.861. The van der Waals surface area contributed by atoms with E-state index in [4.69, 9.17) is 0 Å². The lowest BCUT2D eigenvalue weighted by atomic mass is 9.75. The summed E-state index contributed by atoms with van der Waals surface area (Å²) >= 11 is 0. The largest absolute Gasteiger partial charge is 0.334 e. The third kappa shape index (κ3) is 2.58. The predicted octanol–water partition coefficient (Wildman–Crippen LogP) is 2.80. The molecule has 1 atom stereocenters. The van der Waals surface area contributed by atoms with Crippen LogP contribution < -0.4 is 4.90 Å². The topological polar surface area (TPSA) is 41.4 Å². The van der Waals surface area contributed by atoms with Gasteiger partial charge in [-0.3, -0.25) is 9.69 Å². The van der Waals surface area contributed by atoms with E-state index in [0.717, 1.165) is 57.0 Å². The molecule has 2 aliphatic rings. The van der Waals surface area contributed by atoms with Crippen molar-refractivity contribution in [1.29, 1.82) is 0 Å². The summed E-state index contributed by atoms with van der Waals surface area (Å²) in [6.45, 7) is 5.81. The van der Waals surface area contributed by atoms with Crippen LogP contribution >= 0.6 is 0 Å². The van der Waals surface area contributed by atoms with Gasteiger partial charge in [0, 0.05) is 38.2 Å². The number of amides is 1. The highest BCUT2D eigenvalue weighted by molar-refractivity contribution is 6.08. The molecular formula is C20H26N4O. The van der Waals surface area contributed by atoms with Gasteiger partial charge in [-0.15, -0.1) is 0 Å². The number of carbonyl (C=O) groups is 1. The molecule has 1 spiro atoms. The second kappa shape index (κ2) is 6.30. The minimum atomic E-state index is -0.383. The van der Waals surface area contributed by atoms with E-state index in [1.165, 1.54) is 5.56 Å². The molecule has 0 radical (unpaired) electrons. The van der Waals surface area contributed by atoms with E-state index in [2.05, 4.69) is 45.8 Å². The molecule has 1 aromatic heterocycles. The maximum Gasteiger partial charge on any atom is 0.238 e. The molecule has 1 saturated heterocycles. The average Bonchev–Trinajstić information content (AvgIpc) is 3.14. The standard InChI is InChI=1S/C20H26N4O/c1-3-11-24-13-10-21-18(24)14-23-12-6-9-20(15-23)16-7-4-5-8-17(16)22(2)19(20)25/h4-5,7-8,10,13H,3,6,9,11-12,14-15H2,1-2H3. The predicted molar refractivity (Wildman–Crippen MR) is 98.6 cm³/mol. The molecule has 25 heavy (non-hydrogen) atoms. The third-order valence-corrected chi connectivity index (χ3v) is 5.70. The molecule has 5 nitrogen and oxygen atoms in total. The number of carbonyl (C=O) groups excluding carboxylic acids is 1. The SMILES string of the molecule is CCCn1ccnc1CN1CCCC2(C1)C(=O)N(C)c1ccccc12. The van der Waals surface area contributed by atoms with Gasteiger partial charge in [-0.1, -0.05) is 25.1 Å². The van der Waals surface area contributed by atoms with E-state index in [0.29, 0.717) is 0 Å². The molecule has 1 unspecified atom stereocenters. The van der Waals surface area contributed by atoms with Crippen LogP contribution in [0.1, 0.15) is 37.6 Å². The lowest BCUT2D eigenvalue weighted by Gasteiger charge is -2.39. The Bertz CT molecular complexity index is 784. The summed E-state index contributed by atoms with van der Waals surface area (Å²) in [5.74, 6) is 1.35. The number of hydrogen-bond donors (Lipinski definition) is 0. The summed E-state index contributed by atoms with van der Waals surface area (Å²) in [5.41, 5.74) is 1.89. The number of aryl methyl sites for hydroxylation is 1. The van der Waals surface area contributed by atoms with Crippen molar-refractivity contribution in [3.05, 3.63) is 48.0 Å². The number of benzene rings is 1. The molecule has 132 valence electrons. The molecule has 3 heterocycles. The molecular weight excluding hydrogens is 312 g/mol. The number of likely N-dealkylation sites (tertiary alicyclic amines) is 1. The van der Waals surface area contributed by atoms with E-state index < -0.39 is 0 Å². The Morgan fingerprint density at radius 2 is 2.12 bits per heavy atom. The number of imidazole rings is 1. The first-order chi connectivity index (χ1) is 12.2. The zero-order valence-corrected chi connectivity index (χ0v) is 15.1. The molecule has 0 bridgehead atoms. The second-order valence-electron chi connectivity index (χ2n) is 7.31. The maximum absolute atomic E-state index is 13.1. The number of fused-ring (bicyclic) bond motifs is 2. The van der Waals surface area contributed by atoms with Gasteiger partial charge in [0.25, 0.3) is 0 Å². The second-order valence-corrected chi connectivity index (χ2v) is 7.31. The number of nitrogens with zero attached hydrogens (tertiary/aromatic N) is 4. The Balaban J connectivity index is 1.61. The highest BCUT2D eigenvalue weighted by Crippen LogP contribution is 2.46. The van der Waals surface area contributed by atoms with Gasteiger partial charge in [0.15, 0.2) is 0 Å². The van der Waals surface area contributed by atoms with Crippen LogP contribution in [0.3, 0.4) is 0 Å². The lowest BCUT2D eigenvalue weighted by Crippen LogP contribution is -2.51. The van der Waals surface area contributed by atoms with Crippen molar-refractivity contribution in [2.24, 2.45) is 0 Å². The van der Waals surface area contributed by atoms with Crippen LogP contribution in [0.15, 0.2) is 36.7 Å². The van der Waals surface area contributed by atoms with Gasteiger partial charge in [-0.05, 0) is 37.4 Å². The fourth-order valence-corrected chi connectivity index (χ4v) is 4.53. The van der Waals surface area contributed by atoms with E-state index in [-0.39, 0.29) is 11.3 Å². The molecule has 0 saturated carbocycles. The molecule has 4 rings (SSSR count). The number of piperidine rings is 1. The van der Waals surface area contributed by atoms with Gasteiger partial charge in [0.1, 0.15) is 5.82 Å². The van der Waals surface area contributed by atoms with Crippen LogP contribution in [-0.2, 0) is 23.3 Å². The highest BCUT2D eigenvalue weighted by Gasteiger charge is 2.51. The Morgan fingerprint density at radius 1 is 1.28 bits per heavy atom. The summed E-state index contributed by atoms with van der Waals surface area (Å²) in [6, 6.07) is 8.27. The van der Waals surface area contributed by atoms with E-state index in [9.17, 15) is 4.79 Å². The molecule has 5 heteroatoms. The third-order valence-electron chi connectivity index (χ3n) is 5.70. The summed E-state index contributed by atoms with van der Waals surface area (Å²) in [7, 11) is 1.91. The fourth-order valence-electron chi connectivity index (χ4n) is 4.53. The first-order valence-corrected chi connectivity index (χ1v) is 9.26. The summed E-state index contributed by atoms with van der Waals surface area (Å²) in [5, 5.41) is 0. The Hall–Kier alpha value is -2.14. The van der Waals surface area contributed by atoms with Crippen molar-refractivity contribution >= 4 is 11.6 Å². The van der Waals surface area contributed by atoms with Crippen LogP contribution in [0.5, 0.6) is 0 Å². The summed E-state index contributed by atoms with van der Waals surface area (Å²) < 4.78 is 2.23. The number of likely N-dealkylation sites (N-methyl/N-ethyl adjacent to an activating group) is 1. The van der Waals surface area contributed by atoms with E-state index in [1.807, 2.05) is 24.2 Å². The van der Waals surface area contributed by atoms with Gasteiger partial charge >= 0.3 is 0 Å². The molecule has 0 N–H and O–H groups in total. The van der Waals surface area contributed by atoms with Crippen LogP contribution in [0.4, 0.5) is 5.69 Å². The van der Waals surface area contributed by atoms with E-state index >= 15 is 0 Å². The molecule has 2 aromatic rings. The van der Waals surface area contributed by atoms with Gasteiger partial charge in [0.05, 0.1) is 12.0 Å². The number of rotatable bonds is 4. The Morgan fingerprint density at radius 3 is 2.96 bits per heavy atom. The van der Waals surface area contributed by atoms with Crippen molar-refractivity contribution in [2.75, 3.05) is 25.0 Å². The number of aromatic nitrogens is 2. The zero-order valence-electron chi connectivity index (χ0n) is 15.1. The van der Waals surface area contributed by atoms with Crippen molar-refractivity contribution in [3.63, 3.8) is 0 Å². The van der Waals surface area contributed by atoms with Crippen molar-refractivity contribution in [2.45, 2.75) is 44.7 Å². The lowest BCUT2D eigenvalue weighted by molar-refractivity contribution is -0.125. The summed E-state index contributed by atoms with van der Waals surface area (Å²) in [4.78, 5) is 21.9. The molecule has 1 fully saturated rings. The molecule has 1 amide bonds. The maximum atomic E-state index is 13.1. The zero-order chi connectivity index (χ0) is 17.4. The van der Waals surface area contributed by atoms with Crippen LogP contribution in [0.2, 0.25) is 0 Å². The van der Waals surface area contributed by atoms with Crippen LogP contribution in [-0.4, -0.2) is 40.5 Å². The minimum absolute atomic E-state index is 0.246. The molecule has 1 aromatic carbocycles.